The zero-order valence-electron chi connectivity index (χ0n) is 16.8. The summed E-state index contributed by atoms with van der Waals surface area (Å²) in [7, 11) is 3.10. The first kappa shape index (κ1) is 20.2. The van der Waals surface area contributed by atoms with Crippen molar-refractivity contribution < 1.29 is 23.8 Å². The van der Waals surface area contributed by atoms with Crippen LogP contribution in [0.4, 0.5) is 4.79 Å². The van der Waals surface area contributed by atoms with Gasteiger partial charge in [-0.3, -0.25) is 4.79 Å². The van der Waals surface area contributed by atoms with Gasteiger partial charge in [-0.2, -0.15) is 5.10 Å². The standard InChI is InChI=1S/C21H23N3O5/c1-5-29-17-11-6-14(12-18(17)28-4)13-22-24-19(25)21(2,23-20(24)26)15-7-9-16(27-3)10-8-15/h6-13H,5H2,1-4H3,(H,23,26)/b22-13-/t21-/m1/s1. The van der Waals surface area contributed by atoms with Gasteiger partial charge < -0.3 is 19.5 Å². The van der Waals surface area contributed by atoms with Crippen LogP contribution in [0.25, 0.3) is 0 Å². The molecule has 2 aromatic carbocycles. The fourth-order valence-electron chi connectivity index (χ4n) is 3.01. The van der Waals surface area contributed by atoms with E-state index in [2.05, 4.69) is 10.4 Å². The molecule has 1 fully saturated rings. The van der Waals surface area contributed by atoms with Crippen LogP contribution in [0.1, 0.15) is 25.0 Å². The zero-order chi connectivity index (χ0) is 21.0. The Balaban J connectivity index is 1.82. The molecular formula is C21H23N3O5. The van der Waals surface area contributed by atoms with Gasteiger partial charge in [-0.15, -0.1) is 5.01 Å². The molecule has 1 aliphatic rings. The first-order valence-electron chi connectivity index (χ1n) is 9.09. The number of ether oxygens (including phenoxy) is 3. The van der Waals surface area contributed by atoms with Gasteiger partial charge >= 0.3 is 6.03 Å². The lowest BCUT2D eigenvalue weighted by Gasteiger charge is -2.21. The highest BCUT2D eigenvalue weighted by Gasteiger charge is 2.49. The highest BCUT2D eigenvalue weighted by molar-refractivity contribution is 6.07. The van der Waals surface area contributed by atoms with Crippen LogP contribution in [0.2, 0.25) is 0 Å². The van der Waals surface area contributed by atoms with E-state index in [1.165, 1.54) is 13.3 Å². The minimum absolute atomic E-state index is 0.471. The normalized spacial score (nSPS) is 18.8. The molecule has 1 atom stereocenters. The summed E-state index contributed by atoms with van der Waals surface area (Å²) >= 11 is 0. The van der Waals surface area contributed by atoms with Crippen molar-refractivity contribution in [2.75, 3.05) is 20.8 Å². The highest BCUT2D eigenvalue weighted by atomic mass is 16.5. The summed E-state index contributed by atoms with van der Waals surface area (Å²) in [5.41, 5.74) is 0.0815. The summed E-state index contributed by atoms with van der Waals surface area (Å²) in [6.45, 7) is 4.03. The molecular weight excluding hydrogens is 374 g/mol. The number of nitrogens with one attached hydrogen (secondary N) is 1. The van der Waals surface area contributed by atoms with Gasteiger partial charge in [-0.1, -0.05) is 12.1 Å². The Morgan fingerprint density at radius 1 is 1.07 bits per heavy atom. The summed E-state index contributed by atoms with van der Waals surface area (Å²) in [6, 6.07) is 11.6. The first-order chi connectivity index (χ1) is 13.9. The number of benzene rings is 2. The van der Waals surface area contributed by atoms with Gasteiger partial charge in [0.1, 0.15) is 11.3 Å². The minimum atomic E-state index is -1.21. The van der Waals surface area contributed by atoms with E-state index < -0.39 is 17.5 Å². The number of carbonyl (C=O) groups is 2. The van der Waals surface area contributed by atoms with E-state index in [4.69, 9.17) is 14.2 Å². The Hall–Kier alpha value is -3.55. The number of rotatable bonds is 7. The van der Waals surface area contributed by atoms with Gasteiger partial charge in [0, 0.05) is 0 Å². The van der Waals surface area contributed by atoms with E-state index >= 15 is 0 Å². The molecule has 3 rings (SSSR count). The largest absolute Gasteiger partial charge is 0.497 e. The predicted octanol–water partition coefficient (Wildman–Crippen LogP) is 2.90. The van der Waals surface area contributed by atoms with Gasteiger partial charge in [0.25, 0.3) is 5.91 Å². The van der Waals surface area contributed by atoms with Crippen LogP contribution in [-0.4, -0.2) is 44.0 Å². The molecule has 0 aromatic heterocycles. The Kier molecular flexibility index (Phi) is 5.72. The van der Waals surface area contributed by atoms with Gasteiger partial charge in [-0.25, -0.2) is 4.79 Å². The average molecular weight is 397 g/mol. The number of imide groups is 1. The molecule has 0 aliphatic carbocycles. The molecule has 29 heavy (non-hydrogen) atoms. The Morgan fingerprint density at radius 3 is 2.41 bits per heavy atom. The topological polar surface area (TPSA) is 89.5 Å². The highest BCUT2D eigenvalue weighted by Crippen LogP contribution is 2.31. The molecule has 3 amide bonds. The number of nitrogens with zero attached hydrogens (tertiary/aromatic N) is 2. The Bertz CT molecular complexity index is 942. The quantitative estimate of drug-likeness (QED) is 0.573. The molecule has 8 nitrogen and oxygen atoms in total. The number of urea groups is 1. The van der Waals surface area contributed by atoms with Crippen LogP contribution in [0, 0.1) is 0 Å². The van der Waals surface area contributed by atoms with Crippen LogP contribution in [-0.2, 0) is 10.3 Å². The summed E-state index contributed by atoms with van der Waals surface area (Å²) in [5.74, 6) is 1.33. The van der Waals surface area contributed by atoms with Gasteiger partial charge in [-0.05, 0) is 55.3 Å². The van der Waals surface area contributed by atoms with Crippen molar-refractivity contribution in [1.29, 1.82) is 0 Å². The van der Waals surface area contributed by atoms with E-state index in [1.54, 1.807) is 56.5 Å². The molecule has 0 unspecified atom stereocenters. The van der Waals surface area contributed by atoms with Crippen molar-refractivity contribution in [3.63, 3.8) is 0 Å². The fraction of sp³-hybridized carbons (Fsp3) is 0.286. The van der Waals surface area contributed by atoms with Gasteiger partial charge in [0.15, 0.2) is 11.5 Å². The lowest BCUT2D eigenvalue weighted by atomic mass is 9.92. The number of methoxy groups -OCH3 is 2. The average Bonchev–Trinajstić information content (AvgIpc) is 2.96. The van der Waals surface area contributed by atoms with Gasteiger partial charge in [0.2, 0.25) is 0 Å². The zero-order valence-corrected chi connectivity index (χ0v) is 16.8. The lowest BCUT2D eigenvalue weighted by Crippen LogP contribution is -2.40. The summed E-state index contributed by atoms with van der Waals surface area (Å²) in [6.07, 6.45) is 1.43. The maximum absolute atomic E-state index is 12.9. The van der Waals surface area contributed by atoms with E-state index in [9.17, 15) is 9.59 Å². The molecule has 152 valence electrons. The molecule has 1 heterocycles. The SMILES string of the molecule is CCOc1ccc(/C=N\N2C(=O)N[C@](C)(c3ccc(OC)cc3)C2=O)cc1OC. The Morgan fingerprint density at radius 2 is 1.79 bits per heavy atom. The first-order valence-corrected chi connectivity index (χ1v) is 9.09. The van der Waals surface area contributed by atoms with Crippen LogP contribution in [0.5, 0.6) is 17.2 Å². The molecule has 0 spiro atoms. The number of carbonyl (C=O) groups excluding carboxylic acids is 2. The number of amides is 3. The Labute approximate surface area is 169 Å². The molecule has 1 aliphatic heterocycles. The molecule has 2 aromatic rings. The van der Waals surface area contributed by atoms with Crippen LogP contribution in [0.15, 0.2) is 47.6 Å². The van der Waals surface area contributed by atoms with Crippen molar-refractivity contribution in [2.24, 2.45) is 5.10 Å². The van der Waals surface area contributed by atoms with Crippen molar-refractivity contribution >= 4 is 18.2 Å². The molecule has 1 saturated heterocycles. The second kappa shape index (κ2) is 8.22. The summed E-state index contributed by atoms with van der Waals surface area (Å²) < 4.78 is 15.9. The second-order valence-electron chi connectivity index (χ2n) is 6.49. The molecule has 0 saturated carbocycles. The second-order valence-corrected chi connectivity index (χ2v) is 6.49. The van der Waals surface area contributed by atoms with Crippen LogP contribution < -0.4 is 19.5 Å². The summed E-state index contributed by atoms with van der Waals surface area (Å²) in [4.78, 5) is 25.3. The van der Waals surface area contributed by atoms with E-state index in [0.29, 0.717) is 35.0 Å². The third-order valence-corrected chi connectivity index (χ3v) is 4.65. The summed E-state index contributed by atoms with van der Waals surface area (Å²) in [5, 5.41) is 7.62. The molecule has 0 radical (unpaired) electrons. The predicted molar refractivity (Wildman–Crippen MR) is 107 cm³/mol. The maximum atomic E-state index is 12.9. The third kappa shape index (κ3) is 3.87. The number of hydrogen-bond donors (Lipinski definition) is 1. The van der Waals surface area contributed by atoms with Crippen molar-refractivity contribution in [1.82, 2.24) is 10.3 Å². The third-order valence-electron chi connectivity index (χ3n) is 4.65. The van der Waals surface area contributed by atoms with Crippen molar-refractivity contribution in [2.45, 2.75) is 19.4 Å². The van der Waals surface area contributed by atoms with E-state index in [0.717, 1.165) is 5.01 Å². The minimum Gasteiger partial charge on any atom is -0.497 e. The molecule has 1 N–H and O–H groups in total. The van der Waals surface area contributed by atoms with Crippen LogP contribution >= 0.6 is 0 Å². The van der Waals surface area contributed by atoms with E-state index in [1.807, 2.05) is 6.92 Å². The monoisotopic (exact) mass is 397 g/mol. The van der Waals surface area contributed by atoms with Crippen LogP contribution in [0.3, 0.4) is 0 Å². The maximum Gasteiger partial charge on any atom is 0.346 e. The van der Waals surface area contributed by atoms with Crippen molar-refractivity contribution in [3.05, 3.63) is 53.6 Å². The lowest BCUT2D eigenvalue weighted by molar-refractivity contribution is -0.131. The smallest absolute Gasteiger partial charge is 0.346 e. The molecule has 8 heteroatoms. The van der Waals surface area contributed by atoms with E-state index in [-0.39, 0.29) is 0 Å². The number of hydrazone groups is 1. The molecule has 0 bridgehead atoms. The van der Waals surface area contributed by atoms with Gasteiger partial charge in [0.05, 0.1) is 27.0 Å². The number of hydrogen-bond acceptors (Lipinski definition) is 6. The fourth-order valence-corrected chi connectivity index (χ4v) is 3.01. The van der Waals surface area contributed by atoms with Crippen molar-refractivity contribution in [3.8, 4) is 17.2 Å².